The third-order valence-electron chi connectivity index (χ3n) is 7.14. The van der Waals surface area contributed by atoms with Gasteiger partial charge in [-0.1, -0.05) is 6.07 Å². The summed E-state index contributed by atoms with van der Waals surface area (Å²) in [6.45, 7) is 3.42. The number of ether oxygens (including phenoxy) is 3. The average Bonchev–Trinajstić information content (AvgIpc) is 3.20. The summed E-state index contributed by atoms with van der Waals surface area (Å²) in [5.74, 6) is -0.434. The number of nitrogens with zero attached hydrogens (tertiary/aromatic N) is 1. The summed E-state index contributed by atoms with van der Waals surface area (Å²) in [6.07, 6.45) is -17.9. The van der Waals surface area contributed by atoms with Crippen molar-refractivity contribution >= 4 is 12.1 Å². The van der Waals surface area contributed by atoms with Gasteiger partial charge in [-0.15, -0.1) is 0 Å². The summed E-state index contributed by atoms with van der Waals surface area (Å²) in [5, 5.41) is 0. The second-order valence-corrected chi connectivity index (χ2v) is 10.3. The summed E-state index contributed by atoms with van der Waals surface area (Å²) in [4.78, 5) is 25.5. The quantitative estimate of drug-likeness (QED) is 0.152. The Hall–Kier alpha value is -4.43. The van der Waals surface area contributed by atoms with Gasteiger partial charge in [0.25, 0.3) is 0 Å². The lowest BCUT2D eigenvalue weighted by atomic mass is 9.94. The van der Waals surface area contributed by atoms with Crippen LogP contribution in [0.3, 0.4) is 0 Å². The number of halogens is 9. The van der Waals surface area contributed by atoms with Gasteiger partial charge in [-0.3, -0.25) is 9.69 Å². The highest BCUT2D eigenvalue weighted by atomic mass is 19.4. The number of hydrogen-bond acceptors (Lipinski definition) is 5. The molecule has 1 aliphatic heterocycles. The molecule has 0 N–H and O–H groups in total. The average molecular weight is 650 g/mol. The summed E-state index contributed by atoms with van der Waals surface area (Å²) >= 11 is 0. The van der Waals surface area contributed by atoms with E-state index >= 15 is 0 Å². The zero-order chi connectivity index (χ0) is 33.6. The molecule has 2 atom stereocenters. The predicted octanol–water partition coefficient (Wildman–Crippen LogP) is 8.73. The van der Waals surface area contributed by atoms with Crippen molar-refractivity contribution in [3.8, 4) is 22.6 Å². The maximum atomic E-state index is 13.8. The number of esters is 1. The molecule has 1 aliphatic rings. The second-order valence-electron chi connectivity index (χ2n) is 10.3. The minimum atomic E-state index is -5.16. The van der Waals surface area contributed by atoms with Crippen LogP contribution >= 0.6 is 0 Å². The van der Waals surface area contributed by atoms with Crippen LogP contribution < -0.4 is 9.47 Å². The van der Waals surface area contributed by atoms with Crippen LogP contribution in [-0.4, -0.2) is 30.1 Å². The fraction of sp³-hybridized carbons (Fsp3) is 0.333. The first-order valence-corrected chi connectivity index (χ1v) is 13.0. The minimum Gasteiger partial charge on any atom is -0.496 e. The number of alkyl halides is 9. The molecule has 0 radical (unpaired) electrons. The summed E-state index contributed by atoms with van der Waals surface area (Å²) in [7, 11) is 1.29. The molecule has 6 nitrogen and oxygen atoms in total. The Balaban J connectivity index is 1.81. The van der Waals surface area contributed by atoms with Gasteiger partial charge >= 0.3 is 30.6 Å². The van der Waals surface area contributed by atoms with Crippen LogP contribution in [0.15, 0.2) is 48.5 Å². The lowest BCUT2D eigenvalue weighted by molar-refractivity contribution is -0.143. The molecule has 45 heavy (non-hydrogen) atoms. The van der Waals surface area contributed by atoms with Gasteiger partial charge in [-0.2, -0.15) is 39.5 Å². The van der Waals surface area contributed by atoms with E-state index in [0.717, 1.165) is 30.0 Å². The first kappa shape index (κ1) is 33.5. The van der Waals surface area contributed by atoms with Crippen LogP contribution in [0, 0.1) is 6.92 Å². The minimum absolute atomic E-state index is 0.0724. The van der Waals surface area contributed by atoms with Crippen molar-refractivity contribution in [1.29, 1.82) is 0 Å². The zero-order valence-corrected chi connectivity index (χ0v) is 23.9. The van der Waals surface area contributed by atoms with Crippen molar-refractivity contribution in [2.45, 2.75) is 58.0 Å². The third-order valence-corrected chi connectivity index (χ3v) is 7.14. The summed E-state index contributed by atoms with van der Waals surface area (Å²) < 4.78 is 138. The van der Waals surface area contributed by atoms with Gasteiger partial charge in [0.05, 0.1) is 36.4 Å². The lowest BCUT2D eigenvalue weighted by Crippen LogP contribution is -2.32. The molecule has 1 heterocycles. The number of cyclic esters (lactones) is 1. The van der Waals surface area contributed by atoms with Crippen LogP contribution in [0.4, 0.5) is 44.3 Å². The Kier molecular flexibility index (Phi) is 8.79. The van der Waals surface area contributed by atoms with Crippen molar-refractivity contribution in [3.05, 3.63) is 81.9 Å². The topological polar surface area (TPSA) is 65.1 Å². The normalized spacial score (nSPS) is 17.4. The van der Waals surface area contributed by atoms with E-state index < -0.39 is 71.5 Å². The Labute approximate surface area is 250 Å². The zero-order valence-electron chi connectivity index (χ0n) is 23.9. The molecule has 1 saturated heterocycles. The molecule has 1 fully saturated rings. The van der Waals surface area contributed by atoms with Crippen LogP contribution in [0.2, 0.25) is 0 Å². The Bertz CT molecular complexity index is 1600. The van der Waals surface area contributed by atoms with Gasteiger partial charge in [0.15, 0.2) is 0 Å². The molecule has 0 bridgehead atoms. The number of aryl methyl sites for hydroxylation is 1. The van der Waals surface area contributed by atoms with Gasteiger partial charge in [-0.05, 0) is 78.6 Å². The molecule has 3 aromatic carbocycles. The number of methoxy groups -OCH3 is 1. The van der Waals surface area contributed by atoms with E-state index in [9.17, 15) is 49.1 Å². The van der Waals surface area contributed by atoms with Crippen LogP contribution in [0.1, 0.15) is 53.3 Å². The first-order valence-electron chi connectivity index (χ1n) is 13.0. The molecule has 0 saturated carbocycles. The number of amides is 1. The molecular weight excluding hydrogens is 625 g/mol. The summed E-state index contributed by atoms with van der Waals surface area (Å²) in [6, 6.07) is 5.03. The largest absolute Gasteiger partial charge is 0.496 e. The highest BCUT2D eigenvalue weighted by molar-refractivity contribution is 5.79. The smallest absolute Gasteiger partial charge is 0.416 e. The van der Waals surface area contributed by atoms with E-state index in [-0.39, 0.29) is 34.3 Å². The Morgan fingerprint density at radius 1 is 0.822 bits per heavy atom. The van der Waals surface area contributed by atoms with Crippen molar-refractivity contribution < 1.29 is 63.3 Å². The van der Waals surface area contributed by atoms with Crippen molar-refractivity contribution in [2.24, 2.45) is 0 Å². The second kappa shape index (κ2) is 11.8. The van der Waals surface area contributed by atoms with E-state index in [2.05, 4.69) is 0 Å². The van der Waals surface area contributed by atoms with Gasteiger partial charge in [0.2, 0.25) is 0 Å². The van der Waals surface area contributed by atoms with E-state index in [4.69, 9.17) is 14.2 Å². The van der Waals surface area contributed by atoms with Gasteiger partial charge in [-0.25, -0.2) is 4.79 Å². The summed E-state index contributed by atoms with van der Waals surface area (Å²) in [5.41, 5.74) is -4.33. The molecule has 3 aromatic rings. The van der Waals surface area contributed by atoms with E-state index in [1.54, 1.807) is 6.92 Å². The highest BCUT2D eigenvalue weighted by Crippen LogP contribution is 2.44. The third kappa shape index (κ3) is 7.12. The Morgan fingerprint density at radius 2 is 1.40 bits per heavy atom. The first-order chi connectivity index (χ1) is 20.7. The van der Waals surface area contributed by atoms with Crippen LogP contribution in [0.25, 0.3) is 11.1 Å². The fourth-order valence-electron chi connectivity index (χ4n) is 4.96. The predicted molar refractivity (Wildman–Crippen MR) is 140 cm³/mol. The molecule has 0 aliphatic carbocycles. The fourth-order valence-corrected chi connectivity index (χ4v) is 4.96. The molecule has 242 valence electrons. The molecule has 0 unspecified atom stereocenters. The SMILES string of the molecule is COc1cc(C)c(OC(C)=O)cc1-c1ccc(C(F)(F)F)cc1CN1C(=O)O[C@H](c2cc(C(F)(F)F)cc(C(F)(F)F)c2)[C@@H]1C. The van der Waals surface area contributed by atoms with E-state index in [0.29, 0.717) is 17.7 Å². The molecular formula is C30H24F9NO5. The van der Waals surface area contributed by atoms with E-state index in [1.807, 2.05) is 0 Å². The Morgan fingerprint density at radius 3 is 1.91 bits per heavy atom. The van der Waals surface area contributed by atoms with Crippen molar-refractivity contribution in [2.75, 3.05) is 7.11 Å². The molecule has 0 spiro atoms. The monoisotopic (exact) mass is 649 g/mol. The maximum Gasteiger partial charge on any atom is 0.416 e. The standard InChI is InChI=1S/C30H24F9NO5/c1-14-7-25(43-4)23(12-24(14)44-16(3)41)22-6-5-19(28(31,32)33)10-18(22)13-40-15(2)26(45-27(40)42)17-8-20(29(34,35)36)11-21(9-17)30(37,38)39/h5-12,15,26H,13H2,1-4H3/t15-,26-/m0/s1. The maximum absolute atomic E-state index is 13.8. The number of carbonyl (C=O) groups is 2. The number of hydrogen-bond donors (Lipinski definition) is 0. The van der Waals surface area contributed by atoms with Crippen LogP contribution in [-0.2, 0) is 34.6 Å². The highest BCUT2D eigenvalue weighted by Gasteiger charge is 2.44. The van der Waals surface area contributed by atoms with Crippen molar-refractivity contribution in [3.63, 3.8) is 0 Å². The van der Waals surface area contributed by atoms with Gasteiger partial charge in [0, 0.05) is 12.5 Å². The van der Waals surface area contributed by atoms with Gasteiger partial charge in [0.1, 0.15) is 17.6 Å². The number of benzene rings is 3. The molecule has 0 aromatic heterocycles. The number of carbonyl (C=O) groups excluding carboxylic acids is 2. The molecule has 4 rings (SSSR count). The lowest BCUT2D eigenvalue weighted by Gasteiger charge is -2.24. The number of rotatable bonds is 6. The van der Waals surface area contributed by atoms with Gasteiger partial charge < -0.3 is 14.2 Å². The van der Waals surface area contributed by atoms with Crippen molar-refractivity contribution in [1.82, 2.24) is 4.90 Å². The van der Waals surface area contributed by atoms with E-state index in [1.165, 1.54) is 26.2 Å². The molecule has 15 heteroatoms. The van der Waals surface area contributed by atoms with Crippen LogP contribution in [0.5, 0.6) is 11.5 Å². The molecule has 1 amide bonds.